The third-order valence-electron chi connectivity index (χ3n) is 5.98. The molecular weight excluding hydrogens is 476 g/mol. The molecule has 37 heavy (non-hydrogen) atoms. The summed E-state index contributed by atoms with van der Waals surface area (Å²) in [5, 5.41) is 0. The molecule has 0 aliphatic carbocycles. The van der Waals surface area contributed by atoms with Crippen molar-refractivity contribution >= 4 is 16.8 Å². The van der Waals surface area contributed by atoms with Crippen molar-refractivity contribution < 1.29 is 18.3 Å². The summed E-state index contributed by atoms with van der Waals surface area (Å²) in [6, 6.07) is 14.9. The van der Waals surface area contributed by atoms with Gasteiger partial charge in [-0.15, -0.1) is 0 Å². The van der Waals surface area contributed by atoms with Gasteiger partial charge in [-0.3, -0.25) is 14.6 Å². The van der Waals surface area contributed by atoms with E-state index in [2.05, 4.69) is 15.0 Å². The molecular formula is C29H21F2N3O3. The molecule has 0 radical (unpaired) electrons. The number of nitrogens with zero attached hydrogens (tertiary/aromatic N) is 2. The molecule has 0 amide bonds. The van der Waals surface area contributed by atoms with Crippen molar-refractivity contribution in [2.45, 2.75) is 20.3 Å². The summed E-state index contributed by atoms with van der Waals surface area (Å²) in [6.07, 6.45) is 2.72. The molecule has 5 aromatic rings. The first kappa shape index (κ1) is 24.0. The summed E-state index contributed by atoms with van der Waals surface area (Å²) in [5.41, 5.74) is 3.08. The van der Waals surface area contributed by atoms with Gasteiger partial charge in [0.05, 0.1) is 11.1 Å². The summed E-state index contributed by atoms with van der Waals surface area (Å²) in [5.74, 6) is -1.23. The zero-order valence-electron chi connectivity index (χ0n) is 20.0. The second-order valence-electron chi connectivity index (χ2n) is 8.63. The van der Waals surface area contributed by atoms with Crippen molar-refractivity contribution in [1.82, 2.24) is 15.0 Å². The maximum absolute atomic E-state index is 14.9. The van der Waals surface area contributed by atoms with Crippen LogP contribution in [-0.4, -0.2) is 20.7 Å². The predicted molar refractivity (Wildman–Crippen MR) is 136 cm³/mol. The number of hydrogen-bond donors (Lipinski definition) is 1. The number of ether oxygens (including phenoxy) is 1. The van der Waals surface area contributed by atoms with Crippen molar-refractivity contribution in [2.24, 2.45) is 0 Å². The van der Waals surface area contributed by atoms with Gasteiger partial charge >= 0.3 is 0 Å². The molecule has 184 valence electrons. The van der Waals surface area contributed by atoms with Gasteiger partial charge < -0.3 is 9.72 Å². The number of aryl methyl sites for hydroxylation is 2. The minimum Gasteiger partial charge on any atom is -0.452 e. The zero-order valence-corrected chi connectivity index (χ0v) is 20.0. The fourth-order valence-electron chi connectivity index (χ4n) is 4.11. The Morgan fingerprint density at radius 3 is 2.51 bits per heavy atom. The quantitative estimate of drug-likeness (QED) is 0.287. The number of H-pyrrole nitrogens is 1. The van der Waals surface area contributed by atoms with Crippen LogP contribution in [0.2, 0.25) is 0 Å². The van der Waals surface area contributed by atoms with Gasteiger partial charge in [0.2, 0.25) is 0 Å². The van der Waals surface area contributed by atoms with Crippen molar-refractivity contribution in [2.75, 3.05) is 0 Å². The number of aromatic amines is 1. The number of fused-ring (bicyclic) bond motifs is 1. The maximum atomic E-state index is 14.9. The first-order valence-electron chi connectivity index (χ1n) is 11.5. The van der Waals surface area contributed by atoms with Gasteiger partial charge in [-0.05, 0) is 61.4 Å². The van der Waals surface area contributed by atoms with Crippen molar-refractivity contribution in [3.05, 3.63) is 117 Å². The molecule has 3 heterocycles. The van der Waals surface area contributed by atoms with Gasteiger partial charge in [-0.2, -0.15) is 0 Å². The third kappa shape index (κ3) is 4.86. The average Bonchev–Trinajstić information content (AvgIpc) is 2.87. The molecule has 0 fully saturated rings. The summed E-state index contributed by atoms with van der Waals surface area (Å²) >= 11 is 0. The van der Waals surface area contributed by atoms with Crippen LogP contribution < -0.4 is 10.2 Å². The molecule has 0 aliphatic rings. The zero-order chi connectivity index (χ0) is 26.1. The van der Waals surface area contributed by atoms with E-state index in [-0.39, 0.29) is 23.3 Å². The number of hydrogen-bond acceptors (Lipinski definition) is 5. The Balaban J connectivity index is 1.40. The number of carbonyl (C=O) groups is 1. The third-order valence-corrected chi connectivity index (χ3v) is 5.98. The Kier molecular flexibility index (Phi) is 6.31. The molecule has 0 atom stereocenters. The van der Waals surface area contributed by atoms with E-state index < -0.39 is 22.8 Å². The summed E-state index contributed by atoms with van der Waals surface area (Å²) < 4.78 is 34.1. The van der Waals surface area contributed by atoms with E-state index in [0.29, 0.717) is 33.6 Å². The van der Waals surface area contributed by atoms with Crippen molar-refractivity contribution in [1.29, 1.82) is 0 Å². The van der Waals surface area contributed by atoms with Gasteiger partial charge in [0.1, 0.15) is 11.3 Å². The summed E-state index contributed by atoms with van der Waals surface area (Å²) in [4.78, 5) is 37.7. The lowest BCUT2D eigenvalue weighted by Gasteiger charge is -2.11. The molecule has 0 aliphatic heterocycles. The average molecular weight is 498 g/mol. The standard InChI is InChI=1S/C29H21F2N3O3/c1-16-3-9-23-28(34-16)26(11-12-32-23)37-25-10-4-18(13-22(25)31)14-24(35)21-15-33-17(2)27(29(21)36)19-5-7-20(30)8-6-19/h3-13,15H,14H2,1-2H3,(H,33,36). The number of pyridine rings is 3. The van der Waals surface area contributed by atoms with E-state index in [1.165, 1.54) is 42.6 Å². The fourth-order valence-corrected chi connectivity index (χ4v) is 4.11. The number of aromatic nitrogens is 3. The number of carbonyl (C=O) groups excluding carboxylic acids is 1. The van der Waals surface area contributed by atoms with Crippen LogP contribution >= 0.6 is 0 Å². The van der Waals surface area contributed by atoms with Crippen LogP contribution in [0.15, 0.2) is 77.9 Å². The van der Waals surface area contributed by atoms with Gasteiger partial charge in [0.25, 0.3) is 0 Å². The molecule has 0 saturated carbocycles. The van der Waals surface area contributed by atoms with Crippen LogP contribution in [0.4, 0.5) is 8.78 Å². The SMILES string of the molecule is Cc1ccc2nccc(Oc3ccc(CC(=O)c4c[nH]c(C)c(-c5ccc(F)cc5)c4=O)cc3F)c2n1. The van der Waals surface area contributed by atoms with Crippen LogP contribution in [0.25, 0.3) is 22.2 Å². The lowest BCUT2D eigenvalue weighted by Crippen LogP contribution is -2.20. The predicted octanol–water partition coefficient (Wildman–Crippen LogP) is 6.10. The van der Waals surface area contributed by atoms with E-state index >= 15 is 0 Å². The van der Waals surface area contributed by atoms with E-state index in [1.807, 2.05) is 19.1 Å². The highest BCUT2D eigenvalue weighted by Crippen LogP contribution is 2.30. The van der Waals surface area contributed by atoms with Gasteiger partial charge in [-0.25, -0.2) is 13.8 Å². The summed E-state index contributed by atoms with van der Waals surface area (Å²) in [7, 11) is 0. The minimum absolute atomic E-state index is 0.0289. The Hall–Kier alpha value is -4.72. The number of nitrogens with one attached hydrogen (secondary N) is 1. The molecule has 6 nitrogen and oxygen atoms in total. The number of Topliss-reactive ketones (excluding diaryl/α,β-unsaturated/α-hetero) is 1. The van der Waals surface area contributed by atoms with Crippen LogP contribution in [0, 0.1) is 25.5 Å². The normalized spacial score (nSPS) is 11.0. The highest BCUT2D eigenvalue weighted by atomic mass is 19.1. The van der Waals surface area contributed by atoms with E-state index in [0.717, 1.165) is 5.69 Å². The van der Waals surface area contributed by atoms with Gasteiger partial charge in [0, 0.05) is 41.8 Å². The smallest absolute Gasteiger partial charge is 0.200 e. The minimum atomic E-state index is -0.660. The van der Waals surface area contributed by atoms with E-state index in [1.54, 1.807) is 25.3 Å². The van der Waals surface area contributed by atoms with Crippen LogP contribution in [0.3, 0.4) is 0 Å². The first-order chi connectivity index (χ1) is 17.8. The molecule has 0 bridgehead atoms. The number of ketones is 1. The molecule has 0 spiro atoms. The highest BCUT2D eigenvalue weighted by molar-refractivity contribution is 5.98. The molecule has 3 aromatic heterocycles. The largest absolute Gasteiger partial charge is 0.452 e. The number of rotatable bonds is 6. The van der Waals surface area contributed by atoms with Crippen molar-refractivity contribution in [3.8, 4) is 22.6 Å². The van der Waals surface area contributed by atoms with E-state index in [9.17, 15) is 18.4 Å². The molecule has 0 saturated heterocycles. The second kappa shape index (κ2) is 9.73. The Labute approximate surface area is 210 Å². The Bertz CT molecular complexity index is 1710. The fraction of sp³-hybridized carbons (Fsp3) is 0.103. The van der Waals surface area contributed by atoms with E-state index in [4.69, 9.17) is 4.74 Å². The number of benzene rings is 2. The lowest BCUT2D eigenvalue weighted by molar-refractivity contribution is 0.0991. The maximum Gasteiger partial charge on any atom is 0.200 e. The molecule has 2 aromatic carbocycles. The monoisotopic (exact) mass is 497 g/mol. The van der Waals surface area contributed by atoms with Crippen molar-refractivity contribution in [3.63, 3.8) is 0 Å². The summed E-state index contributed by atoms with van der Waals surface area (Å²) in [6.45, 7) is 3.54. The first-order valence-corrected chi connectivity index (χ1v) is 11.5. The lowest BCUT2D eigenvalue weighted by atomic mass is 9.98. The van der Waals surface area contributed by atoms with Gasteiger partial charge in [-0.1, -0.05) is 18.2 Å². The number of halogens is 2. The molecule has 1 N–H and O–H groups in total. The molecule has 5 rings (SSSR count). The van der Waals surface area contributed by atoms with Crippen LogP contribution in [0.1, 0.15) is 27.3 Å². The van der Waals surface area contributed by atoms with Crippen LogP contribution in [0.5, 0.6) is 11.5 Å². The molecule has 8 heteroatoms. The molecule has 0 unspecified atom stereocenters. The topological polar surface area (TPSA) is 84.9 Å². The highest BCUT2D eigenvalue weighted by Gasteiger charge is 2.18. The second-order valence-corrected chi connectivity index (χ2v) is 8.63. The Morgan fingerprint density at radius 1 is 0.973 bits per heavy atom. The van der Waals surface area contributed by atoms with Crippen LogP contribution in [-0.2, 0) is 6.42 Å². The Morgan fingerprint density at radius 2 is 1.76 bits per heavy atom. The van der Waals surface area contributed by atoms with Gasteiger partial charge in [0.15, 0.2) is 28.5 Å².